The first-order valence-electron chi connectivity index (χ1n) is 4.86. The van der Waals surface area contributed by atoms with Crippen molar-refractivity contribution in [3.63, 3.8) is 0 Å². The van der Waals surface area contributed by atoms with Crippen molar-refractivity contribution in [1.29, 1.82) is 0 Å². The predicted molar refractivity (Wildman–Crippen MR) is 61.7 cm³/mol. The van der Waals surface area contributed by atoms with E-state index in [1.165, 1.54) is 15.9 Å². The van der Waals surface area contributed by atoms with Crippen molar-refractivity contribution < 1.29 is 0 Å². The highest BCUT2D eigenvalue weighted by molar-refractivity contribution is 7.18. The normalized spacial score (nSPS) is 11.1. The maximum absolute atomic E-state index is 11.9. The fourth-order valence-electron chi connectivity index (χ4n) is 1.59. The predicted octanol–water partition coefficient (Wildman–Crippen LogP) is 1.47. The fourth-order valence-corrected chi connectivity index (χ4v) is 2.49. The molecule has 5 heteroatoms. The molecule has 0 spiro atoms. The Balaban J connectivity index is 2.83. The Hall–Kier alpha value is -1.36. The number of aromatic amines is 1. The van der Waals surface area contributed by atoms with Crippen LogP contribution in [0.1, 0.15) is 18.2 Å². The van der Waals surface area contributed by atoms with E-state index in [2.05, 4.69) is 4.98 Å². The number of aryl methyl sites for hydroxylation is 1. The molecular weight excluding hydrogens is 212 g/mol. The summed E-state index contributed by atoms with van der Waals surface area (Å²) >= 11 is 1.44. The van der Waals surface area contributed by atoms with E-state index in [1.807, 2.05) is 19.9 Å². The van der Waals surface area contributed by atoms with Gasteiger partial charge in [0.2, 0.25) is 0 Å². The van der Waals surface area contributed by atoms with Crippen LogP contribution in [-0.4, -0.2) is 9.55 Å². The van der Waals surface area contributed by atoms with E-state index >= 15 is 0 Å². The first-order chi connectivity index (χ1) is 7.13. The zero-order valence-electron chi connectivity index (χ0n) is 8.66. The molecule has 0 aromatic carbocycles. The maximum atomic E-state index is 11.9. The Kier molecular flexibility index (Phi) is 2.48. The smallest absolute Gasteiger partial charge is 0.298 e. The van der Waals surface area contributed by atoms with Gasteiger partial charge < -0.3 is 0 Å². The number of hydrogen-bond acceptors (Lipinski definition) is 3. The van der Waals surface area contributed by atoms with Gasteiger partial charge in [0, 0.05) is 11.4 Å². The molecule has 2 heterocycles. The third kappa shape index (κ3) is 1.63. The van der Waals surface area contributed by atoms with Crippen LogP contribution in [0.15, 0.2) is 15.7 Å². The van der Waals surface area contributed by atoms with Crippen LogP contribution in [0, 0.1) is 6.92 Å². The standard InChI is InChI=1S/C10H12N2O2S/c1-3-4-12-9(13)7-5-6(2)15-8(7)11-10(12)14/h5H,3-4H2,1-2H3,(H,11,14). The molecule has 2 aromatic rings. The molecule has 80 valence electrons. The largest absolute Gasteiger partial charge is 0.329 e. The van der Waals surface area contributed by atoms with Crippen molar-refractivity contribution in [3.8, 4) is 0 Å². The molecule has 0 saturated heterocycles. The van der Waals surface area contributed by atoms with Crippen LogP contribution in [-0.2, 0) is 6.54 Å². The Morgan fingerprint density at radius 3 is 2.87 bits per heavy atom. The minimum atomic E-state index is -0.309. The minimum Gasteiger partial charge on any atom is -0.298 e. The molecule has 0 fully saturated rings. The van der Waals surface area contributed by atoms with Crippen molar-refractivity contribution in [2.75, 3.05) is 0 Å². The number of aromatic nitrogens is 2. The molecule has 4 nitrogen and oxygen atoms in total. The van der Waals surface area contributed by atoms with Crippen LogP contribution in [0.2, 0.25) is 0 Å². The SMILES string of the molecule is CCCn1c(=O)[nH]c2sc(C)cc2c1=O. The summed E-state index contributed by atoms with van der Waals surface area (Å²) in [6.45, 7) is 4.33. The number of H-pyrrole nitrogens is 1. The van der Waals surface area contributed by atoms with E-state index < -0.39 is 0 Å². The molecule has 0 amide bonds. The molecule has 0 saturated carbocycles. The van der Waals surface area contributed by atoms with Gasteiger partial charge in [0.1, 0.15) is 4.83 Å². The molecular formula is C10H12N2O2S. The number of hydrogen-bond donors (Lipinski definition) is 1. The molecule has 1 N–H and O–H groups in total. The second-order valence-corrected chi connectivity index (χ2v) is 4.74. The lowest BCUT2D eigenvalue weighted by Crippen LogP contribution is -2.34. The van der Waals surface area contributed by atoms with Crippen LogP contribution in [0.5, 0.6) is 0 Å². The van der Waals surface area contributed by atoms with Gasteiger partial charge >= 0.3 is 5.69 Å². The summed E-state index contributed by atoms with van der Waals surface area (Å²) in [5, 5.41) is 0.616. The zero-order chi connectivity index (χ0) is 11.0. The molecule has 0 unspecified atom stereocenters. The van der Waals surface area contributed by atoms with Crippen LogP contribution in [0.3, 0.4) is 0 Å². The average molecular weight is 224 g/mol. The van der Waals surface area contributed by atoms with Gasteiger partial charge in [-0.1, -0.05) is 6.92 Å². The van der Waals surface area contributed by atoms with Crippen molar-refractivity contribution in [2.45, 2.75) is 26.8 Å². The fraction of sp³-hybridized carbons (Fsp3) is 0.400. The summed E-state index contributed by atoms with van der Waals surface area (Å²) in [5.41, 5.74) is -0.490. The van der Waals surface area contributed by atoms with Gasteiger partial charge in [-0.3, -0.25) is 14.3 Å². The summed E-state index contributed by atoms with van der Waals surface area (Å²) in [4.78, 5) is 27.9. The Morgan fingerprint density at radius 2 is 2.20 bits per heavy atom. The van der Waals surface area contributed by atoms with E-state index in [0.29, 0.717) is 16.8 Å². The third-order valence-corrected chi connectivity index (χ3v) is 3.21. The number of thiophene rings is 1. The molecule has 0 aliphatic heterocycles. The van der Waals surface area contributed by atoms with Crippen molar-refractivity contribution in [1.82, 2.24) is 9.55 Å². The summed E-state index contributed by atoms with van der Waals surface area (Å²) in [6, 6.07) is 1.82. The van der Waals surface area contributed by atoms with Gasteiger partial charge in [-0.05, 0) is 19.4 Å². The van der Waals surface area contributed by atoms with Gasteiger partial charge in [0.15, 0.2) is 0 Å². The van der Waals surface area contributed by atoms with Gasteiger partial charge in [0.25, 0.3) is 5.56 Å². The number of nitrogens with zero attached hydrogens (tertiary/aromatic N) is 1. The van der Waals surface area contributed by atoms with Crippen LogP contribution >= 0.6 is 11.3 Å². The Morgan fingerprint density at radius 1 is 1.47 bits per heavy atom. The maximum Gasteiger partial charge on any atom is 0.329 e. The van der Waals surface area contributed by atoms with Gasteiger partial charge in [-0.2, -0.15) is 0 Å². The Labute approximate surface area is 90.2 Å². The average Bonchev–Trinajstić information content (AvgIpc) is 2.53. The highest BCUT2D eigenvalue weighted by Crippen LogP contribution is 2.18. The quantitative estimate of drug-likeness (QED) is 0.839. The van der Waals surface area contributed by atoms with Crippen molar-refractivity contribution >= 4 is 21.6 Å². The third-order valence-electron chi connectivity index (χ3n) is 2.24. The van der Waals surface area contributed by atoms with Gasteiger partial charge in [-0.25, -0.2) is 4.79 Å². The van der Waals surface area contributed by atoms with Crippen LogP contribution in [0.25, 0.3) is 10.2 Å². The topological polar surface area (TPSA) is 54.9 Å². The lowest BCUT2D eigenvalue weighted by molar-refractivity contribution is 0.624. The lowest BCUT2D eigenvalue weighted by Gasteiger charge is -2.00. The van der Waals surface area contributed by atoms with Crippen molar-refractivity contribution in [3.05, 3.63) is 31.8 Å². The molecule has 0 aliphatic rings. The van der Waals surface area contributed by atoms with Crippen LogP contribution < -0.4 is 11.2 Å². The van der Waals surface area contributed by atoms with Gasteiger partial charge in [-0.15, -0.1) is 11.3 Å². The van der Waals surface area contributed by atoms with E-state index in [9.17, 15) is 9.59 Å². The number of nitrogens with one attached hydrogen (secondary N) is 1. The van der Waals surface area contributed by atoms with E-state index in [1.54, 1.807) is 0 Å². The number of rotatable bonds is 2. The monoisotopic (exact) mass is 224 g/mol. The zero-order valence-corrected chi connectivity index (χ0v) is 9.48. The molecule has 0 bridgehead atoms. The minimum absolute atomic E-state index is 0.181. The second-order valence-electron chi connectivity index (χ2n) is 3.49. The highest BCUT2D eigenvalue weighted by Gasteiger charge is 2.08. The Bertz CT molecular complexity index is 606. The molecule has 15 heavy (non-hydrogen) atoms. The van der Waals surface area contributed by atoms with Crippen LogP contribution in [0.4, 0.5) is 0 Å². The highest BCUT2D eigenvalue weighted by atomic mass is 32.1. The number of fused-ring (bicyclic) bond motifs is 1. The van der Waals surface area contributed by atoms with Crippen molar-refractivity contribution in [2.24, 2.45) is 0 Å². The molecule has 2 aromatic heterocycles. The van der Waals surface area contributed by atoms with E-state index in [4.69, 9.17) is 0 Å². The molecule has 0 aliphatic carbocycles. The summed E-state index contributed by atoms with van der Waals surface area (Å²) in [5.74, 6) is 0. The van der Waals surface area contributed by atoms with E-state index in [0.717, 1.165) is 11.3 Å². The molecule has 0 radical (unpaired) electrons. The molecule has 2 rings (SSSR count). The molecule has 0 atom stereocenters. The summed E-state index contributed by atoms with van der Waals surface area (Å²) < 4.78 is 1.26. The first kappa shape index (κ1) is 10.2. The van der Waals surface area contributed by atoms with Gasteiger partial charge in [0.05, 0.1) is 5.39 Å². The second kappa shape index (κ2) is 3.66. The summed E-state index contributed by atoms with van der Waals surface area (Å²) in [7, 11) is 0. The lowest BCUT2D eigenvalue weighted by atomic mass is 10.3. The van der Waals surface area contributed by atoms with E-state index in [-0.39, 0.29) is 11.2 Å². The first-order valence-corrected chi connectivity index (χ1v) is 5.68. The summed E-state index contributed by atoms with van der Waals surface area (Å²) in [6.07, 6.45) is 0.775.